The van der Waals surface area contributed by atoms with Crippen LogP contribution in [0, 0.1) is 13.8 Å². The molecule has 4 heteroatoms. The Morgan fingerprint density at radius 3 is 2.00 bits per heavy atom. The van der Waals surface area contributed by atoms with Crippen LogP contribution in [0.2, 0.25) is 0 Å². The van der Waals surface area contributed by atoms with E-state index in [9.17, 15) is 8.42 Å². The quantitative estimate of drug-likeness (QED) is 0.668. The number of hydrogen-bond acceptors (Lipinski definition) is 2. The van der Waals surface area contributed by atoms with Crippen molar-refractivity contribution in [1.29, 1.82) is 0 Å². The summed E-state index contributed by atoms with van der Waals surface area (Å²) in [7, 11) is -3.65. The molecule has 0 aromatic heterocycles. The molecular weight excluding hydrogens is 330 g/mol. The highest BCUT2D eigenvalue weighted by atomic mass is 32.2. The lowest BCUT2D eigenvalue weighted by Crippen LogP contribution is -2.30. The van der Waals surface area contributed by atoms with E-state index in [0.29, 0.717) is 17.1 Å². The summed E-state index contributed by atoms with van der Waals surface area (Å²) in [6.07, 6.45) is 0. The largest absolute Gasteiger partial charge is 0.264 e. The van der Waals surface area contributed by atoms with Crippen molar-refractivity contribution in [3.8, 4) is 0 Å². The maximum atomic E-state index is 13.3. The fourth-order valence-electron chi connectivity index (χ4n) is 2.69. The molecule has 0 atom stereocenters. The van der Waals surface area contributed by atoms with Crippen LogP contribution in [0.25, 0.3) is 0 Å². The number of aryl methyl sites for hydroxylation is 2. The first-order valence-electron chi connectivity index (χ1n) is 8.17. The second-order valence-corrected chi connectivity index (χ2v) is 7.95. The van der Waals surface area contributed by atoms with Crippen molar-refractivity contribution in [2.75, 3.05) is 4.31 Å². The van der Waals surface area contributed by atoms with Crippen LogP contribution in [0.1, 0.15) is 16.7 Å². The number of rotatable bonds is 5. The third-order valence-electron chi connectivity index (χ3n) is 4.23. The fraction of sp³-hybridized carbons (Fsp3) is 0.143. The van der Waals surface area contributed by atoms with Gasteiger partial charge in [-0.1, -0.05) is 60.2 Å². The molecule has 0 aliphatic heterocycles. The molecule has 128 valence electrons. The highest BCUT2D eigenvalue weighted by Gasteiger charge is 2.25. The lowest BCUT2D eigenvalue weighted by molar-refractivity contribution is 0.590. The van der Waals surface area contributed by atoms with Crippen molar-refractivity contribution >= 4 is 15.7 Å². The zero-order chi connectivity index (χ0) is 17.9. The van der Waals surface area contributed by atoms with Crippen LogP contribution < -0.4 is 4.31 Å². The van der Waals surface area contributed by atoms with Gasteiger partial charge in [-0.3, -0.25) is 4.31 Å². The molecule has 3 rings (SSSR count). The van der Waals surface area contributed by atoms with Gasteiger partial charge in [-0.15, -0.1) is 0 Å². The van der Waals surface area contributed by atoms with E-state index >= 15 is 0 Å². The van der Waals surface area contributed by atoms with Crippen LogP contribution in [0.5, 0.6) is 0 Å². The number of anilines is 1. The first kappa shape index (κ1) is 17.2. The van der Waals surface area contributed by atoms with Crippen molar-refractivity contribution in [2.45, 2.75) is 25.3 Å². The molecule has 0 amide bonds. The number of nitrogens with zero attached hydrogens (tertiary/aromatic N) is 1. The van der Waals surface area contributed by atoms with Crippen molar-refractivity contribution < 1.29 is 8.42 Å². The predicted octanol–water partition coefficient (Wildman–Crippen LogP) is 4.70. The summed E-state index contributed by atoms with van der Waals surface area (Å²) in [6, 6.07) is 24.1. The summed E-state index contributed by atoms with van der Waals surface area (Å²) in [4.78, 5) is 0.301. The Labute approximate surface area is 149 Å². The van der Waals surface area contributed by atoms with Gasteiger partial charge in [0.1, 0.15) is 0 Å². The fourth-order valence-corrected chi connectivity index (χ4v) is 4.13. The summed E-state index contributed by atoms with van der Waals surface area (Å²) < 4.78 is 28.0. The molecule has 3 aromatic rings. The molecular formula is C21H21NO2S. The predicted molar refractivity (Wildman–Crippen MR) is 102 cm³/mol. The molecule has 0 aliphatic rings. The SMILES string of the molecule is Cc1ccc(S(=O)(=O)N(Cc2ccccc2C)c2ccccc2)cc1. The molecule has 3 aromatic carbocycles. The maximum absolute atomic E-state index is 13.3. The first-order chi connectivity index (χ1) is 12.0. The Bertz CT molecular complexity index is 949. The Balaban J connectivity index is 2.08. The summed E-state index contributed by atoms with van der Waals surface area (Å²) in [5, 5.41) is 0. The summed E-state index contributed by atoms with van der Waals surface area (Å²) >= 11 is 0. The van der Waals surface area contributed by atoms with Crippen molar-refractivity contribution in [1.82, 2.24) is 0 Å². The molecule has 0 radical (unpaired) electrons. The Morgan fingerprint density at radius 1 is 0.760 bits per heavy atom. The third-order valence-corrected chi connectivity index (χ3v) is 6.02. The van der Waals surface area contributed by atoms with Gasteiger partial charge in [0, 0.05) is 0 Å². The lowest BCUT2D eigenvalue weighted by atomic mass is 10.1. The summed E-state index contributed by atoms with van der Waals surface area (Å²) in [6.45, 7) is 4.24. The molecule has 0 unspecified atom stereocenters. The van der Waals surface area contributed by atoms with Gasteiger partial charge in [0.15, 0.2) is 0 Å². The highest BCUT2D eigenvalue weighted by molar-refractivity contribution is 7.92. The van der Waals surface area contributed by atoms with E-state index < -0.39 is 10.0 Å². The van der Waals surface area contributed by atoms with Crippen LogP contribution in [-0.4, -0.2) is 8.42 Å². The molecule has 0 fully saturated rings. The van der Waals surface area contributed by atoms with E-state index in [1.165, 1.54) is 4.31 Å². The van der Waals surface area contributed by atoms with E-state index in [1.54, 1.807) is 12.1 Å². The number of para-hydroxylation sites is 1. The zero-order valence-corrected chi connectivity index (χ0v) is 15.2. The lowest BCUT2D eigenvalue weighted by Gasteiger charge is -2.25. The van der Waals surface area contributed by atoms with Crippen molar-refractivity contribution in [3.05, 3.63) is 95.6 Å². The molecule has 3 nitrogen and oxygen atoms in total. The minimum Gasteiger partial charge on any atom is -0.262 e. The van der Waals surface area contributed by atoms with Gasteiger partial charge in [-0.25, -0.2) is 8.42 Å². The van der Waals surface area contributed by atoms with E-state index in [1.807, 2.05) is 80.6 Å². The molecule has 25 heavy (non-hydrogen) atoms. The Hall–Kier alpha value is -2.59. The number of benzene rings is 3. The third kappa shape index (κ3) is 3.74. The topological polar surface area (TPSA) is 37.4 Å². The number of sulfonamides is 1. The average molecular weight is 351 g/mol. The van der Waals surface area contributed by atoms with Gasteiger partial charge in [-0.05, 0) is 49.2 Å². The van der Waals surface area contributed by atoms with Crippen LogP contribution in [0.4, 0.5) is 5.69 Å². The van der Waals surface area contributed by atoms with Gasteiger partial charge in [0.25, 0.3) is 10.0 Å². The molecule has 0 aliphatic carbocycles. The van der Waals surface area contributed by atoms with E-state index in [2.05, 4.69) is 0 Å². The first-order valence-corrected chi connectivity index (χ1v) is 9.61. The molecule has 0 bridgehead atoms. The standard InChI is InChI=1S/C21H21NO2S/c1-17-12-14-21(15-13-17)25(23,24)22(20-10-4-3-5-11-20)16-19-9-7-6-8-18(19)2/h3-15H,16H2,1-2H3. The minimum atomic E-state index is -3.65. The highest BCUT2D eigenvalue weighted by Crippen LogP contribution is 2.26. The van der Waals surface area contributed by atoms with Crippen molar-refractivity contribution in [3.63, 3.8) is 0 Å². The maximum Gasteiger partial charge on any atom is 0.264 e. The van der Waals surface area contributed by atoms with E-state index in [-0.39, 0.29) is 0 Å². The Kier molecular flexibility index (Phi) is 4.91. The smallest absolute Gasteiger partial charge is 0.262 e. The summed E-state index contributed by atoms with van der Waals surface area (Å²) in [5.41, 5.74) is 3.75. The van der Waals surface area contributed by atoms with Crippen molar-refractivity contribution in [2.24, 2.45) is 0 Å². The van der Waals surface area contributed by atoms with Gasteiger partial charge in [0.05, 0.1) is 17.1 Å². The monoisotopic (exact) mass is 351 g/mol. The zero-order valence-electron chi connectivity index (χ0n) is 14.4. The molecule has 0 heterocycles. The van der Waals surface area contributed by atoms with E-state index in [4.69, 9.17) is 0 Å². The molecule has 0 saturated carbocycles. The van der Waals surface area contributed by atoms with Gasteiger partial charge in [0.2, 0.25) is 0 Å². The molecule has 0 spiro atoms. The second-order valence-electron chi connectivity index (χ2n) is 6.09. The van der Waals surface area contributed by atoms with Crippen LogP contribution in [0.3, 0.4) is 0 Å². The Morgan fingerprint density at radius 2 is 1.36 bits per heavy atom. The molecule has 0 N–H and O–H groups in total. The van der Waals surface area contributed by atoms with Gasteiger partial charge >= 0.3 is 0 Å². The van der Waals surface area contributed by atoms with Gasteiger partial charge < -0.3 is 0 Å². The van der Waals surface area contributed by atoms with Crippen LogP contribution >= 0.6 is 0 Å². The van der Waals surface area contributed by atoms with Crippen LogP contribution in [0.15, 0.2) is 83.8 Å². The molecule has 0 saturated heterocycles. The average Bonchev–Trinajstić information content (AvgIpc) is 2.62. The second kappa shape index (κ2) is 7.11. The van der Waals surface area contributed by atoms with Crippen LogP contribution in [-0.2, 0) is 16.6 Å². The summed E-state index contributed by atoms with van der Waals surface area (Å²) in [5.74, 6) is 0. The van der Waals surface area contributed by atoms with E-state index in [0.717, 1.165) is 16.7 Å². The normalized spacial score (nSPS) is 11.3. The van der Waals surface area contributed by atoms with Gasteiger partial charge in [-0.2, -0.15) is 0 Å². The number of hydrogen-bond donors (Lipinski definition) is 0. The minimum absolute atomic E-state index is 0.299.